The van der Waals surface area contributed by atoms with Crippen LogP contribution in [0.5, 0.6) is 0 Å². The maximum absolute atomic E-state index is 11.1. The molecule has 1 aromatic carbocycles. The molecule has 0 saturated carbocycles. The molecule has 1 aliphatic rings. The molecule has 1 aromatic heterocycles. The first-order valence-corrected chi connectivity index (χ1v) is 8.35. The maximum atomic E-state index is 11.1. The predicted octanol–water partition coefficient (Wildman–Crippen LogP) is 2.73. The van der Waals surface area contributed by atoms with Gasteiger partial charge in [0.1, 0.15) is 11.5 Å². The minimum atomic E-state index is -0.408. The molecule has 1 unspecified atom stereocenters. The number of para-hydroxylation sites is 1. The Kier molecular flexibility index (Phi) is 5.47. The van der Waals surface area contributed by atoms with E-state index in [0.29, 0.717) is 36.7 Å². The molecule has 0 radical (unpaired) electrons. The van der Waals surface area contributed by atoms with Crippen LogP contribution in [-0.4, -0.2) is 36.4 Å². The molecule has 3 rings (SSSR count). The van der Waals surface area contributed by atoms with Crippen LogP contribution in [0.25, 0.3) is 11.3 Å². The van der Waals surface area contributed by atoms with Gasteiger partial charge in [-0.3, -0.25) is 10.1 Å². The molecule has 7 heteroatoms. The molecular weight excluding hydrogens is 324 g/mol. The van der Waals surface area contributed by atoms with Crippen LogP contribution in [0.1, 0.15) is 18.6 Å². The lowest BCUT2D eigenvalue weighted by atomic mass is 9.84. The summed E-state index contributed by atoms with van der Waals surface area (Å²) in [7, 11) is 0. The average molecular weight is 346 g/mol. The van der Waals surface area contributed by atoms with Crippen LogP contribution in [0, 0.1) is 15.5 Å². The van der Waals surface area contributed by atoms with Crippen molar-refractivity contribution in [3.63, 3.8) is 0 Å². The van der Waals surface area contributed by atoms with Crippen molar-refractivity contribution in [2.24, 2.45) is 5.41 Å². The zero-order valence-electron chi connectivity index (χ0n) is 13.9. The smallest absolute Gasteiger partial charge is 0.280 e. The van der Waals surface area contributed by atoms with Crippen LogP contribution in [0.3, 0.4) is 0 Å². The number of nitro groups is 1. The van der Waals surface area contributed by atoms with Gasteiger partial charge in [-0.15, -0.1) is 0 Å². The summed E-state index contributed by atoms with van der Waals surface area (Å²) < 4.78 is 11.2. The number of furan rings is 1. The van der Waals surface area contributed by atoms with E-state index in [4.69, 9.17) is 9.15 Å². The van der Waals surface area contributed by atoms with E-state index in [-0.39, 0.29) is 17.7 Å². The highest BCUT2D eigenvalue weighted by Crippen LogP contribution is 2.32. The molecule has 2 N–H and O–H groups in total. The van der Waals surface area contributed by atoms with Crippen LogP contribution < -0.4 is 5.32 Å². The van der Waals surface area contributed by atoms with Gasteiger partial charge in [-0.05, 0) is 31.0 Å². The molecule has 2 aromatic rings. The summed E-state index contributed by atoms with van der Waals surface area (Å²) in [5, 5.41) is 23.7. The number of ether oxygens (including phenoxy) is 1. The standard InChI is InChI=1S/C18H22N2O5/c21-9-7-18(8-10-24-13-18)12-19-11-14-5-6-17(25-14)15-3-1-2-4-16(15)20(22)23/h1-6,19,21H,7-13H2. The maximum Gasteiger partial charge on any atom is 0.280 e. The van der Waals surface area contributed by atoms with Gasteiger partial charge in [0.2, 0.25) is 0 Å². The van der Waals surface area contributed by atoms with Crippen LogP contribution in [0.2, 0.25) is 0 Å². The number of nitro benzene ring substituents is 1. The van der Waals surface area contributed by atoms with Gasteiger partial charge in [0.05, 0.1) is 23.6 Å². The quantitative estimate of drug-likeness (QED) is 0.563. The van der Waals surface area contributed by atoms with Crippen molar-refractivity contribution in [3.8, 4) is 11.3 Å². The first-order chi connectivity index (χ1) is 12.1. The number of hydrogen-bond donors (Lipinski definition) is 2. The molecule has 1 atom stereocenters. The normalized spacial score (nSPS) is 20.0. The molecule has 0 spiro atoms. The van der Waals surface area contributed by atoms with Gasteiger partial charge in [-0.1, -0.05) is 12.1 Å². The zero-order chi connectivity index (χ0) is 17.7. The fourth-order valence-electron chi connectivity index (χ4n) is 3.22. The third kappa shape index (κ3) is 4.07. The van der Waals surface area contributed by atoms with Gasteiger partial charge < -0.3 is 19.6 Å². The summed E-state index contributed by atoms with van der Waals surface area (Å²) in [4.78, 5) is 10.7. The molecule has 1 aliphatic heterocycles. The number of aliphatic hydroxyl groups excluding tert-OH is 1. The molecule has 0 bridgehead atoms. The van der Waals surface area contributed by atoms with Crippen molar-refractivity contribution in [3.05, 3.63) is 52.3 Å². The van der Waals surface area contributed by atoms with Gasteiger partial charge in [0, 0.05) is 31.2 Å². The van der Waals surface area contributed by atoms with E-state index >= 15 is 0 Å². The van der Waals surface area contributed by atoms with E-state index in [1.165, 1.54) is 6.07 Å². The van der Waals surface area contributed by atoms with E-state index in [1.807, 2.05) is 6.07 Å². The molecule has 0 aliphatic carbocycles. The second kappa shape index (κ2) is 7.77. The Labute approximate surface area is 145 Å². The van der Waals surface area contributed by atoms with Crippen molar-refractivity contribution >= 4 is 5.69 Å². The molecule has 1 saturated heterocycles. The number of hydrogen-bond acceptors (Lipinski definition) is 6. The Hall–Kier alpha value is -2.22. The minimum absolute atomic E-state index is 0.0254. The lowest BCUT2D eigenvalue weighted by Crippen LogP contribution is -2.35. The third-order valence-electron chi connectivity index (χ3n) is 4.65. The Bertz CT molecular complexity index is 722. The molecule has 7 nitrogen and oxygen atoms in total. The highest BCUT2D eigenvalue weighted by molar-refractivity contribution is 5.69. The van der Waals surface area contributed by atoms with Crippen LogP contribution in [0.15, 0.2) is 40.8 Å². The topological polar surface area (TPSA) is 97.8 Å². The Balaban J connectivity index is 1.64. The second-order valence-corrected chi connectivity index (χ2v) is 6.42. The first-order valence-electron chi connectivity index (χ1n) is 8.35. The lowest BCUT2D eigenvalue weighted by Gasteiger charge is -2.26. The van der Waals surface area contributed by atoms with E-state index in [1.54, 1.807) is 24.3 Å². The summed E-state index contributed by atoms with van der Waals surface area (Å²) in [6.07, 6.45) is 1.64. The largest absolute Gasteiger partial charge is 0.459 e. The van der Waals surface area contributed by atoms with Crippen molar-refractivity contribution in [2.45, 2.75) is 19.4 Å². The Morgan fingerprint density at radius 3 is 2.84 bits per heavy atom. The van der Waals surface area contributed by atoms with Crippen molar-refractivity contribution in [1.82, 2.24) is 5.32 Å². The molecule has 134 valence electrons. The fraction of sp³-hybridized carbons (Fsp3) is 0.444. The highest BCUT2D eigenvalue weighted by Gasteiger charge is 2.33. The molecule has 25 heavy (non-hydrogen) atoms. The SMILES string of the molecule is O=[N+]([O-])c1ccccc1-c1ccc(CNCC2(CCO)CCOC2)o1. The molecular formula is C18H22N2O5. The number of nitrogens with one attached hydrogen (secondary N) is 1. The van der Waals surface area contributed by atoms with Gasteiger partial charge in [0.25, 0.3) is 5.69 Å². The van der Waals surface area contributed by atoms with Gasteiger partial charge in [-0.2, -0.15) is 0 Å². The number of nitrogens with zero attached hydrogens (tertiary/aromatic N) is 1. The molecule has 0 amide bonds. The first kappa shape index (κ1) is 17.6. The van der Waals surface area contributed by atoms with E-state index in [0.717, 1.165) is 19.6 Å². The minimum Gasteiger partial charge on any atom is -0.459 e. The van der Waals surface area contributed by atoms with E-state index in [2.05, 4.69) is 5.32 Å². The summed E-state index contributed by atoms with van der Waals surface area (Å²) in [6, 6.07) is 10.1. The van der Waals surface area contributed by atoms with Gasteiger partial charge >= 0.3 is 0 Å². The Morgan fingerprint density at radius 1 is 1.28 bits per heavy atom. The van der Waals surface area contributed by atoms with Gasteiger partial charge in [0.15, 0.2) is 0 Å². The zero-order valence-corrected chi connectivity index (χ0v) is 13.9. The van der Waals surface area contributed by atoms with E-state index < -0.39 is 4.92 Å². The summed E-state index contributed by atoms with van der Waals surface area (Å²) >= 11 is 0. The fourth-order valence-corrected chi connectivity index (χ4v) is 3.22. The van der Waals surface area contributed by atoms with Crippen molar-refractivity contribution < 1.29 is 19.2 Å². The summed E-state index contributed by atoms with van der Waals surface area (Å²) in [5.74, 6) is 1.20. The lowest BCUT2D eigenvalue weighted by molar-refractivity contribution is -0.384. The predicted molar refractivity (Wildman–Crippen MR) is 92.1 cm³/mol. The highest BCUT2D eigenvalue weighted by atomic mass is 16.6. The average Bonchev–Trinajstić information content (AvgIpc) is 3.25. The van der Waals surface area contributed by atoms with Gasteiger partial charge in [-0.25, -0.2) is 0 Å². The van der Waals surface area contributed by atoms with Crippen molar-refractivity contribution in [2.75, 3.05) is 26.4 Å². The number of aliphatic hydroxyl groups is 1. The molecule has 1 fully saturated rings. The molecule has 2 heterocycles. The monoisotopic (exact) mass is 346 g/mol. The van der Waals surface area contributed by atoms with Crippen LogP contribution in [0.4, 0.5) is 5.69 Å². The number of benzene rings is 1. The Morgan fingerprint density at radius 2 is 2.12 bits per heavy atom. The second-order valence-electron chi connectivity index (χ2n) is 6.42. The summed E-state index contributed by atoms with van der Waals surface area (Å²) in [6.45, 7) is 2.78. The third-order valence-corrected chi connectivity index (χ3v) is 4.65. The van der Waals surface area contributed by atoms with Crippen LogP contribution >= 0.6 is 0 Å². The summed E-state index contributed by atoms with van der Waals surface area (Å²) in [5.41, 5.74) is 0.476. The van der Waals surface area contributed by atoms with Crippen molar-refractivity contribution in [1.29, 1.82) is 0 Å². The van der Waals surface area contributed by atoms with Crippen LogP contribution in [-0.2, 0) is 11.3 Å². The number of rotatable bonds is 8. The van der Waals surface area contributed by atoms with E-state index in [9.17, 15) is 15.2 Å².